The third kappa shape index (κ3) is 7.19. The van der Waals surface area contributed by atoms with E-state index in [9.17, 15) is 0 Å². The molecule has 0 aliphatic carbocycles. The number of hydrogen-bond donors (Lipinski definition) is 2. The van der Waals surface area contributed by atoms with Gasteiger partial charge in [-0.25, -0.2) is 0 Å². The zero-order valence-electron chi connectivity index (χ0n) is 14.7. The lowest BCUT2D eigenvalue weighted by Gasteiger charge is -2.11. The first-order chi connectivity index (χ1) is 11.6. The van der Waals surface area contributed by atoms with Gasteiger partial charge in [0.1, 0.15) is 5.75 Å². The molecule has 1 unspecified atom stereocenters. The van der Waals surface area contributed by atoms with Crippen LogP contribution in [-0.2, 0) is 9.47 Å². The van der Waals surface area contributed by atoms with Gasteiger partial charge in [-0.1, -0.05) is 0 Å². The van der Waals surface area contributed by atoms with Gasteiger partial charge in [-0.15, -0.1) is 0 Å². The summed E-state index contributed by atoms with van der Waals surface area (Å²) < 4.78 is 16.7. The third-order valence-corrected chi connectivity index (χ3v) is 3.56. The minimum Gasteiger partial charge on any atom is -0.491 e. The van der Waals surface area contributed by atoms with Gasteiger partial charge in [-0.2, -0.15) is 0 Å². The van der Waals surface area contributed by atoms with Gasteiger partial charge >= 0.3 is 0 Å². The van der Waals surface area contributed by atoms with E-state index in [1.54, 1.807) is 0 Å². The molecule has 0 amide bonds. The summed E-state index contributed by atoms with van der Waals surface area (Å²) in [7, 11) is 0. The number of benzene rings is 1. The summed E-state index contributed by atoms with van der Waals surface area (Å²) in [6.45, 7) is 6.87. The van der Waals surface area contributed by atoms with E-state index >= 15 is 0 Å². The normalized spacial score (nSPS) is 18.1. The van der Waals surface area contributed by atoms with Crippen molar-refractivity contribution in [3.05, 3.63) is 24.3 Å². The number of rotatable bonds is 9. The van der Waals surface area contributed by atoms with E-state index in [0.717, 1.165) is 37.3 Å². The Hall–Kier alpha value is -1.79. The zero-order valence-corrected chi connectivity index (χ0v) is 14.7. The smallest absolute Gasteiger partial charge is 0.193 e. The minimum absolute atomic E-state index is 0.165. The second-order valence-electron chi connectivity index (χ2n) is 6.15. The lowest BCUT2D eigenvalue weighted by Crippen LogP contribution is -2.23. The molecule has 24 heavy (non-hydrogen) atoms. The van der Waals surface area contributed by atoms with Gasteiger partial charge in [-0.3, -0.25) is 4.99 Å². The highest BCUT2D eigenvalue weighted by Gasteiger charge is 2.14. The molecule has 0 saturated carbocycles. The van der Waals surface area contributed by atoms with Crippen molar-refractivity contribution in [3.8, 4) is 5.75 Å². The van der Waals surface area contributed by atoms with E-state index < -0.39 is 0 Å². The van der Waals surface area contributed by atoms with E-state index in [2.05, 4.69) is 10.3 Å². The van der Waals surface area contributed by atoms with Crippen molar-refractivity contribution in [2.24, 2.45) is 10.7 Å². The van der Waals surface area contributed by atoms with Crippen LogP contribution in [0, 0.1) is 0 Å². The highest BCUT2D eigenvalue weighted by Crippen LogP contribution is 2.16. The Morgan fingerprint density at radius 3 is 2.83 bits per heavy atom. The highest BCUT2D eigenvalue weighted by atomic mass is 16.5. The van der Waals surface area contributed by atoms with Crippen molar-refractivity contribution in [1.29, 1.82) is 0 Å². The van der Waals surface area contributed by atoms with Crippen LogP contribution >= 0.6 is 0 Å². The molecular weight excluding hydrogens is 306 g/mol. The molecule has 2 rings (SSSR count). The van der Waals surface area contributed by atoms with Crippen LogP contribution in [0.3, 0.4) is 0 Å². The predicted octanol–water partition coefficient (Wildman–Crippen LogP) is 2.79. The minimum atomic E-state index is 0.165. The van der Waals surface area contributed by atoms with Gasteiger partial charge in [0.05, 0.1) is 18.8 Å². The Labute approximate surface area is 144 Å². The second-order valence-corrected chi connectivity index (χ2v) is 6.15. The van der Waals surface area contributed by atoms with Crippen molar-refractivity contribution in [1.82, 2.24) is 0 Å². The molecule has 3 N–H and O–H groups in total. The molecule has 0 bridgehead atoms. The monoisotopic (exact) mass is 335 g/mol. The fourth-order valence-corrected chi connectivity index (χ4v) is 2.43. The number of nitrogens with one attached hydrogen (secondary N) is 1. The van der Waals surface area contributed by atoms with E-state index in [1.807, 2.05) is 38.1 Å². The molecule has 1 fully saturated rings. The number of aliphatic imine (C=N–C) groups is 1. The number of nitrogens with two attached hydrogens (primary N) is 1. The Morgan fingerprint density at radius 1 is 1.38 bits per heavy atom. The molecule has 1 atom stereocenters. The van der Waals surface area contributed by atoms with Crippen LogP contribution in [0.2, 0.25) is 0 Å². The van der Waals surface area contributed by atoms with Crippen LogP contribution in [0.1, 0.15) is 33.1 Å². The first kappa shape index (κ1) is 18.5. The predicted molar refractivity (Wildman–Crippen MR) is 96.7 cm³/mol. The number of hydrogen-bond acceptors (Lipinski definition) is 4. The lowest BCUT2D eigenvalue weighted by molar-refractivity contribution is 0.0171. The number of ether oxygens (including phenoxy) is 3. The molecule has 1 saturated heterocycles. The average molecular weight is 335 g/mol. The topological polar surface area (TPSA) is 78.1 Å². The molecule has 1 aromatic carbocycles. The molecule has 1 heterocycles. The SMILES string of the molecule is CC(C)Oc1ccc(NC(N)=NCCCOCC2CCCO2)cc1. The molecule has 0 aromatic heterocycles. The first-order valence-electron chi connectivity index (χ1n) is 8.66. The molecule has 6 nitrogen and oxygen atoms in total. The average Bonchev–Trinajstić information content (AvgIpc) is 3.05. The van der Waals surface area contributed by atoms with Crippen molar-refractivity contribution in [2.45, 2.75) is 45.3 Å². The third-order valence-electron chi connectivity index (χ3n) is 3.56. The van der Waals surface area contributed by atoms with Crippen LogP contribution in [0.25, 0.3) is 0 Å². The Morgan fingerprint density at radius 2 is 2.17 bits per heavy atom. The molecule has 1 aromatic rings. The van der Waals surface area contributed by atoms with Gasteiger partial charge in [0, 0.05) is 25.4 Å². The Kier molecular flexibility index (Phi) is 7.85. The second kappa shape index (κ2) is 10.2. The summed E-state index contributed by atoms with van der Waals surface area (Å²) in [5, 5.41) is 3.07. The molecule has 0 spiro atoms. The van der Waals surface area contributed by atoms with Crippen molar-refractivity contribution in [2.75, 3.05) is 31.7 Å². The van der Waals surface area contributed by atoms with E-state index in [4.69, 9.17) is 19.9 Å². The maximum absolute atomic E-state index is 5.89. The highest BCUT2D eigenvalue weighted by molar-refractivity contribution is 5.92. The van der Waals surface area contributed by atoms with E-state index in [-0.39, 0.29) is 12.2 Å². The molecule has 1 aliphatic heterocycles. The zero-order chi connectivity index (χ0) is 17.2. The number of nitrogens with zero attached hydrogens (tertiary/aromatic N) is 1. The molecule has 134 valence electrons. The van der Waals surface area contributed by atoms with Gasteiger partial charge in [0.15, 0.2) is 5.96 Å². The van der Waals surface area contributed by atoms with Gasteiger partial charge in [0.25, 0.3) is 0 Å². The van der Waals surface area contributed by atoms with Gasteiger partial charge in [0.2, 0.25) is 0 Å². The van der Waals surface area contributed by atoms with Crippen LogP contribution < -0.4 is 15.8 Å². The largest absolute Gasteiger partial charge is 0.491 e. The summed E-state index contributed by atoms with van der Waals surface area (Å²) in [5.74, 6) is 1.25. The number of guanidine groups is 1. The fourth-order valence-electron chi connectivity index (χ4n) is 2.43. The van der Waals surface area contributed by atoms with Crippen LogP contribution in [0.4, 0.5) is 5.69 Å². The first-order valence-corrected chi connectivity index (χ1v) is 8.66. The van der Waals surface area contributed by atoms with E-state index in [1.165, 1.54) is 0 Å². The maximum atomic E-state index is 5.89. The van der Waals surface area contributed by atoms with E-state index in [0.29, 0.717) is 25.7 Å². The summed E-state index contributed by atoms with van der Waals surface area (Å²) in [5.41, 5.74) is 6.78. The lowest BCUT2D eigenvalue weighted by atomic mass is 10.2. The molecule has 0 radical (unpaired) electrons. The summed E-state index contributed by atoms with van der Waals surface area (Å²) >= 11 is 0. The molecular formula is C18H29N3O3. The van der Waals surface area contributed by atoms with Crippen molar-refractivity contribution in [3.63, 3.8) is 0 Å². The van der Waals surface area contributed by atoms with Gasteiger partial charge in [-0.05, 0) is 57.4 Å². The Bertz CT molecular complexity index is 497. The quantitative estimate of drug-likeness (QED) is 0.412. The van der Waals surface area contributed by atoms with Crippen LogP contribution in [0.15, 0.2) is 29.3 Å². The van der Waals surface area contributed by atoms with Crippen molar-refractivity contribution >= 4 is 11.6 Å². The van der Waals surface area contributed by atoms with Crippen LogP contribution in [0.5, 0.6) is 5.75 Å². The van der Waals surface area contributed by atoms with Crippen molar-refractivity contribution < 1.29 is 14.2 Å². The molecule has 6 heteroatoms. The Balaban J connectivity index is 1.60. The standard InChI is InChI=1S/C18H29N3O3/c1-14(2)24-16-8-6-15(7-9-16)21-18(19)20-10-4-11-22-13-17-5-3-12-23-17/h6-9,14,17H,3-5,10-13H2,1-2H3,(H3,19,20,21). The summed E-state index contributed by atoms with van der Waals surface area (Å²) in [4.78, 5) is 4.30. The maximum Gasteiger partial charge on any atom is 0.193 e. The number of anilines is 1. The molecule has 1 aliphatic rings. The summed E-state index contributed by atoms with van der Waals surface area (Å²) in [6.07, 6.45) is 3.54. The van der Waals surface area contributed by atoms with Gasteiger partial charge < -0.3 is 25.3 Å². The van der Waals surface area contributed by atoms with Crippen LogP contribution in [-0.4, -0.2) is 44.5 Å². The fraction of sp³-hybridized carbons (Fsp3) is 0.611. The summed E-state index contributed by atoms with van der Waals surface area (Å²) in [6, 6.07) is 7.67.